The molecule has 0 spiro atoms. The summed E-state index contributed by atoms with van der Waals surface area (Å²) < 4.78 is 5.30. The van der Waals surface area contributed by atoms with Gasteiger partial charge in [-0.1, -0.05) is 42.5 Å². The highest BCUT2D eigenvalue weighted by Crippen LogP contribution is 2.27. The lowest BCUT2D eigenvalue weighted by Gasteiger charge is -2.23. The Labute approximate surface area is 131 Å². The Balaban J connectivity index is 2.11. The van der Waals surface area contributed by atoms with Gasteiger partial charge in [-0.05, 0) is 24.1 Å². The van der Waals surface area contributed by atoms with Crippen LogP contribution in [-0.2, 0) is 11.2 Å². The number of hydrogen-bond acceptors (Lipinski definition) is 3. The van der Waals surface area contributed by atoms with Gasteiger partial charge in [0.1, 0.15) is 5.75 Å². The molecule has 0 aliphatic heterocycles. The number of ether oxygens (including phenoxy) is 1. The van der Waals surface area contributed by atoms with Crippen LogP contribution in [0.1, 0.15) is 5.56 Å². The van der Waals surface area contributed by atoms with Crippen molar-refractivity contribution >= 4 is 24.2 Å². The third kappa shape index (κ3) is 3.79. The first-order chi connectivity index (χ1) is 10.1. The minimum Gasteiger partial charge on any atom is -0.495 e. The van der Waals surface area contributed by atoms with E-state index in [0.717, 1.165) is 11.3 Å². The Morgan fingerprint density at radius 2 is 1.76 bits per heavy atom. The van der Waals surface area contributed by atoms with Gasteiger partial charge in [0, 0.05) is 7.05 Å². The average Bonchev–Trinajstić information content (AvgIpc) is 2.54. The van der Waals surface area contributed by atoms with E-state index in [-0.39, 0.29) is 11.2 Å². The van der Waals surface area contributed by atoms with Crippen LogP contribution >= 0.6 is 12.6 Å². The quantitative estimate of drug-likeness (QED) is 0.859. The van der Waals surface area contributed by atoms with Gasteiger partial charge < -0.3 is 9.64 Å². The van der Waals surface area contributed by atoms with Gasteiger partial charge in [-0.25, -0.2) is 0 Å². The van der Waals surface area contributed by atoms with E-state index in [9.17, 15) is 4.79 Å². The zero-order chi connectivity index (χ0) is 15.2. The van der Waals surface area contributed by atoms with Crippen molar-refractivity contribution in [1.29, 1.82) is 0 Å². The van der Waals surface area contributed by atoms with Crippen molar-refractivity contribution in [2.24, 2.45) is 0 Å². The SMILES string of the molecule is COc1ccccc1N(C)C(=O)C(S)Cc1ccccc1. The van der Waals surface area contributed by atoms with Crippen molar-refractivity contribution in [3.05, 3.63) is 60.2 Å². The lowest BCUT2D eigenvalue weighted by atomic mass is 10.1. The topological polar surface area (TPSA) is 29.5 Å². The maximum absolute atomic E-state index is 12.5. The maximum Gasteiger partial charge on any atom is 0.240 e. The highest BCUT2D eigenvalue weighted by molar-refractivity contribution is 7.81. The zero-order valence-electron chi connectivity index (χ0n) is 12.2. The predicted molar refractivity (Wildman–Crippen MR) is 89.3 cm³/mol. The predicted octanol–water partition coefficient (Wildman–Crippen LogP) is 3.20. The first-order valence-electron chi connectivity index (χ1n) is 6.76. The van der Waals surface area contributed by atoms with Gasteiger partial charge in [0.2, 0.25) is 5.91 Å². The summed E-state index contributed by atoms with van der Waals surface area (Å²) in [5, 5.41) is -0.387. The molecule has 0 bridgehead atoms. The monoisotopic (exact) mass is 301 g/mol. The Morgan fingerprint density at radius 1 is 1.14 bits per heavy atom. The standard InChI is InChI=1S/C17H19NO2S/c1-18(14-10-6-7-11-15(14)20-2)17(19)16(21)12-13-8-4-3-5-9-13/h3-11,16,21H,12H2,1-2H3. The van der Waals surface area contributed by atoms with Gasteiger partial charge in [0.25, 0.3) is 0 Å². The normalized spacial score (nSPS) is 11.8. The summed E-state index contributed by atoms with van der Waals surface area (Å²) in [6.45, 7) is 0. The minimum atomic E-state index is -0.387. The average molecular weight is 301 g/mol. The van der Waals surface area contributed by atoms with E-state index in [0.29, 0.717) is 12.2 Å². The molecule has 1 atom stereocenters. The number of para-hydroxylation sites is 2. The minimum absolute atomic E-state index is 0.0494. The van der Waals surface area contributed by atoms with Crippen LogP contribution in [0.2, 0.25) is 0 Å². The van der Waals surface area contributed by atoms with Crippen LogP contribution in [0.3, 0.4) is 0 Å². The molecule has 0 N–H and O–H groups in total. The Morgan fingerprint density at radius 3 is 2.43 bits per heavy atom. The molecule has 0 aromatic heterocycles. The summed E-state index contributed by atoms with van der Waals surface area (Å²) in [4.78, 5) is 14.1. The number of carbonyl (C=O) groups excluding carboxylic acids is 1. The molecule has 21 heavy (non-hydrogen) atoms. The van der Waals surface area contributed by atoms with Crippen molar-refractivity contribution in [2.75, 3.05) is 19.1 Å². The molecular weight excluding hydrogens is 282 g/mol. The maximum atomic E-state index is 12.5. The summed E-state index contributed by atoms with van der Waals surface area (Å²) in [7, 11) is 3.34. The van der Waals surface area contributed by atoms with Crippen molar-refractivity contribution in [1.82, 2.24) is 0 Å². The van der Waals surface area contributed by atoms with Crippen molar-refractivity contribution in [2.45, 2.75) is 11.7 Å². The smallest absolute Gasteiger partial charge is 0.240 e. The Bertz CT molecular complexity index is 601. The molecule has 2 aromatic carbocycles. The molecule has 110 valence electrons. The number of rotatable bonds is 5. The fourth-order valence-corrected chi connectivity index (χ4v) is 2.56. The van der Waals surface area contributed by atoms with Crippen LogP contribution in [0.25, 0.3) is 0 Å². The van der Waals surface area contributed by atoms with E-state index < -0.39 is 0 Å². The third-order valence-corrected chi connectivity index (χ3v) is 3.74. The summed E-state index contributed by atoms with van der Waals surface area (Å²) in [6.07, 6.45) is 0.599. The molecule has 2 aromatic rings. The van der Waals surface area contributed by atoms with Crippen LogP contribution in [-0.4, -0.2) is 25.3 Å². The summed E-state index contributed by atoms with van der Waals surface area (Å²) in [5.41, 5.74) is 1.84. The van der Waals surface area contributed by atoms with Crippen LogP contribution < -0.4 is 9.64 Å². The molecule has 4 heteroatoms. The largest absolute Gasteiger partial charge is 0.495 e. The summed E-state index contributed by atoms with van der Waals surface area (Å²) in [6, 6.07) is 17.3. The first-order valence-corrected chi connectivity index (χ1v) is 7.27. The van der Waals surface area contributed by atoms with Gasteiger partial charge in [-0.15, -0.1) is 0 Å². The van der Waals surface area contributed by atoms with Gasteiger partial charge in [-0.2, -0.15) is 12.6 Å². The van der Waals surface area contributed by atoms with E-state index in [1.54, 1.807) is 19.1 Å². The second-order valence-corrected chi connectivity index (χ2v) is 5.40. The number of amides is 1. The van der Waals surface area contributed by atoms with E-state index in [1.165, 1.54) is 0 Å². The fraction of sp³-hybridized carbons (Fsp3) is 0.235. The number of benzene rings is 2. The van der Waals surface area contributed by atoms with Gasteiger partial charge in [0.15, 0.2) is 0 Å². The zero-order valence-corrected chi connectivity index (χ0v) is 13.1. The molecule has 0 aliphatic carbocycles. The Kier molecular flexibility index (Phi) is 5.28. The van der Waals surface area contributed by atoms with E-state index in [2.05, 4.69) is 12.6 Å². The van der Waals surface area contributed by atoms with Gasteiger partial charge >= 0.3 is 0 Å². The number of carbonyl (C=O) groups is 1. The van der Waals surface area contributed by atoms with Crippen molar-refractivity contribution in [3.8, 4) is 5.75 Å². The molecule has 2 rings (SSSR count). The first kappa shape index (κ1) is 15.4. The molecule has 0 saturated carbocycles. The second kappa shape index (κ2) is 7.18. The number of nitrogens with zero attached hydrogens (tertiary/aromatic N) is 1. The van der Waals surface area contributed by atoms with Crippen LogP contribution in [0.15, 0.2) is 54.6 Å². The number of hydrogen-bond donors (Lipinski definition) is 1. The summed E-state index contributed by atoms with van der Waals surface area (Å²) in [5.74, 6) is 0.625. The van der Waals surface area contributed by atoms with Gasteiger partial charge in [-0.3, -0.25) is 4.79 Å². The van der Waals surface area contributed by atoms with Crippen molar-refractivity contribution < 1.29 is 9.53 Å². The number of thiol groups is 1. The second-order valence-electron chi connectivity index (χ2n) is 4.77. The van der Waals surface area contributed by atoms with Gasteiger partial charge in [0.05, 0.1) is 18.0 Å². The molecular formula is C17H19NO2S. The van der Waals surface area contributed by atoms with Crippen LogP contribution in [0, 0.1) is 0 Å². The summed E-state index contributed by atoms with van der Waals surface area (Å²) >= 11 is 4.46. The molecule has 1 amide bonds. The van der Waals surface area contributed by atoms with Crippen LogP contribution in [0.5, 0.6) is 5.75 Å². The third-order valence-electron chi connectivity index (χ3n) is 3.33. The Hall–Kier alpha value is -1.94. The highest BCUT2D eigenvalue weighted by Gasteiger charge is 2.21. The molecule has 0 fully saturated rings. The van der Waals surface area contributed by atoms with Crippen LogP contribution in [0.4, 0.5) is 5.69 Å². The highest BCUT2D eigenvalue weighted by atomic mass is 32.1. The molecule has 1 unspecified atom stereocenters. The van der Waals surface area contributed by atoms with E-state index in [1.807, 2.05) is 54.6 Å². The van der Waals surface area contributed by atoms with Crippen molar-refractivity contribution in [3.63, 3.8) is 0 Å². The lowest BCUT2D eigenvalue weighted by Crippen LogP contribution is -2.35. The number of anilines is 1. The molecule has 3 nitrogen and oxygen atoms in total. The number of methoxy groups -OCH3 is 1. The molecule has 0 radical (unpaired) electrons. The van der Waals surface area contributed by atoms with E-state index in [4.69, 9.17) is 4.74 Å². The van der Waals surface area contributed by atoms with E-state index >= 15 is 0 Å². The lowest BCUT2D eigenvalue weighted by molar-refractivity contribution is -0.117. The molecule has 0 heterocycles. The molecule has 0 saturated heterocycles. The fourth-order valence-electron chi connectivity index (χ4n) is 2.17. The molecule has 0 aliphatic rings.